The first-order valence-corrected chi connectivity index (χ1v) is 22.9. The van der Waals surface area contributed by atoms with Gasteiger partial charge in [-0.15, -0.1) is 16.4 Å². The Morgan fingerprint density at radius 3 is 2.42 bits per heavy atom. The van der Waals surface area contributed by atoms with Gasteiger partial charge in [0, 0.05) is 55.1 Å². The number of rotatable bonds is 24. The third-order valence-electron chi connectivity index (χ3n) is 10.1. The number of aryl methyl sites for hydroxylation is 1. The van der Waals surface area contributed by atoms with E-state index in [-0.39, 0.29) is 38.8 Å². The van der Waals surface area contributed by atoms with Crippen molar-refractivity contribution in [2.45, 2.75) is 49.7 Å². The van der Waals surface area contributed by atoms with Crippen molar-refractivity contribution in [1.29, 1.82) is 0 Å². The Morgan fingerprint density at radius 1 is 0.955 bits per heavy atom. The maximum atomic E-state index is 14.7. The lowest BCUT2D eigenvalue weighted by Gasteiger charge is -2.32. The second kappa shape index (κ2) is 25.1. The highest BCUT2D eigenvalue weighted by Gasteiger charge is 2.25. The minimum atomic E-state index is -0.780. The number of urea groups is 1. The molecule has 6 rings (SSSR count). The van der Waals surface area contributed by atoms with E-state index in [0.717, 1.165) is 24.9 Å². The van der Waals surface area contributed by atoms with Gasteiger partial charge in [0.15, 0.2) is 5.13 Å². The third-order valence-corrected chi connectivity index (χ3v) is 12.2. The Kier molecular flexibility index (Phi) is 18.8. The summed E-state index contributed by atoms with van der Waals surface area (Å²) in [5.74, 6) is 0.0617. The number of nitrogens with zero attached hydrogens (tertiary/aromatic N) is 7. The number of H-pyrrole nitrogens is 1. The largest absolute Gasteiger partial charge is 0.497 e. The van der Waals surface area contributed by atoms with Crippen molar-refractivity contribution < 1.29 is 42.5 Å². The van der Waals surface area contributed by atoms with Crippen molar-refractivity contribution in [3.05, 3.63) is 99.1 Å². The van der Waals surface area contributed by atoms with Gasteiger partial charge < -0.3 is 49.1 Å². The molecular weight excluding hydrogens is 898 g/mol. The number of benzene rings is 2. The number of halogens is 1. The van der Waals surface area contributed by atoms with E-state index in [4.69, 9.17) is 23.7 Å². The van der Waals surface area contributed by atoms with Gasteiger partial charge in [-0.1, -0.05) is 23.0 Å². The predicted octanol–water partition coefficient (Wildman–Crippen LogP) is 3.90. The highest BCUT2D eigenvalue weighted by Crippen LogP contribution is 2.27. The van der Waals surface area contributed by atoms with Crippen LogP contribution in [0.1, 0.15) is 35.5 Å². The fourth-order valence-corrected chi connectivity index (χ4v) is 8.08. The van der Waals surface area contributed by atoms with Crippen LogP contribution in [0.3, 0.4) is 0 Å². The van der Waals surface area contributed by atoms with Crippen LogP contribution in [-0.2, 0) is 43.4 Å². The smallest absolute Gasteiger partial charge is 0.345 e. The number of methoxy groups -OCH3 is 1. The molecule has 0 bridgehead atoms. The highest BCUT2D eigenvalue weighted by molar-refractivity contribution is 8.00. The van der Waals surface area contributed by atoms with Crippen LogP contribution in [-0.4, -0.2) is 143 Å². The maximum Gasteiger partial charge on any atom is 0.345 e. The van der Waals surface area contributed by atoms with Crippen LogP contribution in [0.5, 0.6) is 11.5 Å². The van der Waals surface area contributed by atoms with E-state index < -0.39 is 34.7 Å². The molecule has 1 saturated heterocycles. The summed E-state index contributed by atoms with van der Waals surface area (Å²) >= 11 is 2.39. The number of amides is 4. The zero-order valence-electron chi connectivity index (χ0n) is 37.1. The van der Waals surface area contributed by atoms with E-state index in [1.54, 1.807) is 66.5 Å². The van der Waals surface area contributed by atoms with E-state index >= 15 is 0 Å². The molecule has 0 aliphatic carbocycles. The normalized spacial score (nSPS) is 13.8. The third kappa shape index (κ3) is 15.6. The lowest BCUT2D eigenvalue weighted by molar-refractivity contribution is -0.132. The molecule has 0 unspecified atom stereocenters. The number of thiazole rings is 1. The summed E-state index contributed by atoms with van der Waals surface area (Å²) in [7, 11) is 3.48. The van der Waals surface area contributed by atoms with Crippen LogP contribution >= 0.6 is 23.1 Å². The van der Waals surface area contributed by atoms with E-state index in [1.165, 1.54) is 30.7 Å². The molecule has 66 heavy (non-hydrogen) atoms. The minimum absolute atomic E-state index is 0.00677. The van der Waals surface area contributed by atoms with E-state index in [2.05, 4.69) is 46.1 Å². The molecule has 1 aliphatic heterocycles. The van der Waals surface area contributed by atoms with Gasteiger partial charge >= 0.3 is 11.7 Å². The molecule has 0 radical (unpaired) electrons. The first kappa shape index (κ1) is 49.5. The number of carbonyl (C=O) groups is 3. The number of hydrogen-bond donors (Lipinski definition) is 4. The van der Waals surface area contributed by atoms with Crippen LogP contribution in [0.2, 0.25) is 0 Å². The zero-order chi connectivity index (χ0) is 46.8. The number of aromatic nitrogens is 6. The Balaban J connectivity index is 0.826. The number of hydrogen-bond acceptors (Lipinski definition) is 16. The molecule has 20 nitrogen and oxygen atoms in total. The van der Waals surface area contributed by atoms with Crippen molar-refractivity contribution >= 4 is 51.8 Å². The molecule has 0 spiro atoms. The average molecular weight is 952 g/mol. The standard InChI is InChI=1S/C43H54FN11O9S2/c1-28-23-45-41(58)49-40(28)66-37(39(57)46-29(2)35-10-9-34(60-4)22-36(35)44)26-63-20-19-62-18-17-61-16-15-55-24-32(51-52-55)25-64-33-7-5-30(6-8-33)47-42(59)50-43-48-31(27-65-43)21-38(56)54-13-11-53(3)12-14-54/h5-10,22-24,27,29,37H,11-21,25-26H2,1-4H3,(H,46,57)(H,45,49,58)(H2,47,48,50,59)/t29-,37-/m1/s1. The van der Waals surface area contributed by atoms with Gasteiger partial charge in [0.1, 0.15) is 34.9 Å². The van der Waals surface area contributed by atoms with Gasteiger partial charge in [-0.2, -0.15) is 0 Å². The molecule has 5 aromatic rings. The lowest BCUT2D eigenvalue weighted by atomic mass is 10.1. The first-order valence-electron chi connectivity index (χ1n) is 21.1. The Labute approximate surface area is 388 Å². The minimum Gasteiger partial charge on any atom is -0.497 e. The summed E-state index contributed by atoms with van der Waals surface area (Å²) < 4.78 is 44.4. The summed E-state index contributed by atoms with van der Waals surface area (Å²) in [5.41, 5.74) is 2.24. The molecule has 0 saturated carbocycles. The Bertz CT molecular complexity index is 2410. The van der Waals surface area contributed by atoms with Crippen molar-refractivity contribution in [1.82, 2.24) is 45.1 Å². The second-order valence-electron chi connectivity index (χ2n) is 15.1. The molecular formula is C43H54FN11O9S2. The molecule has 2 atom stereocenters. The number of thioether (sulfide) groups is 1. The predicted molar refractivity (Wildman–Crippen MR) is 245 cm³/mol. The number of piperazine rings is 1. The van der Waals surface area contributed by atoms with E-state index in [9.17, 15) is 23.6 Å². The van der Waals surface area contributed by atoms with Crippen molar-refractivity contribution in [2.24, 2.45) is 0 Å². The Hall–Kier alpha value is -5.98. The van der Waals surface area contributed by atoms with E-state index in [1.807, 2.05) is 11.9 Å². The van der Waals surface area contributed by atoms with Crippen LogP contribution in [0, 0.1) is 12.7 Å². The van der Waals surface area contributed by atoms with Crippen LogP contribution in [0.15, 0.2) is 70.1 Å². The van der Waals surface area contributed by atoms with Crippen molar-refractivity contribution in [2.75, 3.05) is 90.6 Å². The highest BCUT2D eigenvalue weighted by atomic mass is 32.2. The molecule has 4 N–H and O–H groups in total. The molecule has 2 aromatic carbocycles. The average Bonchev–Trinajstić information content (AvgIpc) is 3.96. The molecule has 4 heterocycles. The molecule has 1 fully saturated rings. The Morgan fingerprint density at radius 2 is 1.68 bits per heavy atom. The van der Waals surface area contributed by atoms with Gasteiger partial charge in [0.2, 0.25) is 11.8 Å². The lowest BCUT2D eigenvalue weighted by Crippen LogP contribution is -2.47. The van der Waals surface area contributed by atoms with Gasteiger partial charge in [-0.25, -0.2) is 28.6 Å². The van der Waals surface area contributed by atoms with Crippen molar-refractivity contribution in [3.63, 3.8) is 0 Å². The molecule has 23 heteroatoms. The summed E-state index contributed by atoms with van der Waals surface area (Å²) in [6, 6.07) is 10.2. The van der Waals surface area contributed by atoms with Crippen LogP contribution in [0.4, 0.5) is 20.0 Å². The molecule has 1 aliphatic rings. The van der Waals surface area contributed by atoms with E-state index in [0.29, 0.717) is 89.3 Å². The van der Waals surface area contributed by atoms with Gasteiger partial charge in [-0.05, 0) is 56.8 Å². The molecule has 354 valence electrons. The number of ether oxygens (including phenoxy) is 5. The molecule has 4 amide bonds. The summed E-state index contributed by atoms with van der Waals surface area (Å²) in [5, 5.41) is 18.5. The zero-order valence-corrected chi connectivity index (χ0v) is 38.8. The summed E-state index contributed by atoms with van der Waals surface area (Å²) in [4.78, 5) is 65.3. The monoisotopic (exact) mass is 951 g/mol. The quantitative estimate of drug-likeness (QED) is 0.0391. The van der Waals surface area contributed by atoms with Gasteiger partial charge in [0.05, 0.1) is 82.7 Å². The molecule has 3 aromatic heterocycles. The van der Waals surface area contributed by atoms with Crippen LogP contribution in [0.25, 0.3) is 0 Å². The number of nitrogens with one attached hydrogen (secondary N) is 4. The number of aromatic amines is 1. The fraction of sp³-hybridized carbons (Fsp3) is 0.442. The summed E-state index contributed by atoms with van der Waals surface area (Å²) in [6.45, 7) is 8.64. The van der Waals surface area contributed by atoms with Crippen molar-refractivity contribution in [3.8, 4) is 11.5 Å². The first-order chi connectivity index (χ1) is 31.9. The van der Waals surface area contributed by atoms with Gasteiger partial charge in [0.25, 0.3) is 0 Å². The maximum absolute atomic E-state index is 14.7. The topological polar surface area (TPSA) is 229 Å². The SMILES string of the molecule is COc1ccc([C@@H](C)NC(=O)[C@@H](COCCOCCOCCn2cc(COc3ccc(NC(=O)Nc4nc(CC(=O)N5CCN(C)CC5)cs4)cc3)nn2)Sc2[nH]c(=O)ncc2C)c(F)c1. The fourth-order valence-electron chi connectivity index (χ4n) is 6.36. The summed E-state index contributed by atoms with van der Waals surface area (Å²) in [6.07, 6.45) is 3.39. The van der Waals surface area contributed by atoms with Crippen LogP contribution < -0.4 is 31.1 Å². The number of likely N-dealkylation sites (N-methyl/N-ethyl adjacent to an activating group) is 1. The number of carbonyl (C=O) groups excluding carboxylic acids is 3. The second-order valence-corrected chi connectivity index (χ2v) is 17.2. The number of anilines is 2. The van der Waals surface area contributed by atoms with Gasteiger partial charge in [-0.3, -0.25) is 14.9 Å².